The largest absolute Gasteiger partial charge is 0.339 e. The minimum atomic E-state index is 0.491. The Bertz CT molecular complexity index is 474. The Morgan fingerprint density at radius 2 is 2.14 bits per heavy atom. The SMILES string of the molecule is CN1C2CCC1CC(c1noc(CC3CSCCN3)n1)C2. The highest BCUT2D eigenvalue weighted by molar-refractivity contribution is 7.99. The zero-order valence-electron chi connectivity index (χ0n) is 12.6. The number of thioether (sulfide) groups is 1. The number of hydrogen-bond donors (Lipinski definition) is 1. The van der Waals surface area contributed by atoms with E-state index in [0.29, 0.717) is 12.0 Å². The highest BCUT2D eigenvalue weighted by atomic mass is 32.2. The summed E-state index contributed by atoms with van der Waals surface area (Å²) >= 11 is 2.01. The standard InChI is InChI=1S/C15H24N4OS/c1-19-12-2-3-13(19)7-10(6-12)15-17-14(20-18-15)8-11-9-21-5-4-16-11/h10-13,16H,2-9H2,1H3. The van der Waals surface area contributed by atoms with Crippen LogP contribution in [-0.2, 0) is 6.42 Å². The third-order valence-electron chi connectivity index (χ3n) is 5.37. The molecule has 3 saturated heterocycles. The molecule has 3 aliphatic heterocycles. The minimum absolute atomic E-state index is 0.491. The van der Waals surface area contributed by atoms with Crippen molar-refractivity contribution in [1.29, 1.82) is 0 Å². The predicted molar refractivity (Wildman–Crippen MR) is 83.7 cm³/mol. The van der Waals surface area contributed by atoms with Crippen LogP contribution in [0.4, 0.5) is 0 Å². The molecule has 3 fully saturated rings. The summed E-state index contributed by atoms with van der Waals surface area (Å²) < 4.78 is 5.51. The Kier molecular flexibility index (Phi) is 3.94. The second-order valence-electron chi connectivity index (χ2n) is 6.70. The van der Waals surface area contributed by atoms with Crippen molar-refractivity contribution in [3.63, 3.8) is 0 Å². The van der Waals surface area contributed by atoms with Crippen molar-refractivity contribution < 1.29 is 4.52 Å². The van der Waals surface area contributed by atoms with Gasteiger partial charge in [-0.25, -0.2) is 0 Å². The molecule has 5 nitrogen and oxygen atoms in total. The zero-order valence-corrected chi connectivity index (χ0v) is 13.4. The zero-order chi connectivity index (χ0) is 14.2. The van der Waals surface area contributed by atoms with E-state index < -0.39 is 0 Å². The molecule has 0 aliphatic carbocycles. The van der Waals surface area contributed by atoms with Crippen LogP contribution < -0.4 is 5.32 Å². The van der Waals surface area contributed by atoms with E-state index in [2.05, 4.69) is 22.4 Å². The van der Waals surface area contributed by atoms with Crippen molar-refractivity contribution in [2.45, 2.75) is 56.1 Å². The van der Waals surface area contributed by atoms with Crippen molar-refractivity contribution in [3.8, 4) is 0 Å². The molecule has 4 rings (SSSR count). The molecule has 0 radical (unpaired) electrons. The Hall–Kier alpha value is -0.590. The van der Waals surface area contributed by atoms with Crippen molar-refractivity contribution in [2.24, 2.45) is 0 Å². The molecule has 1 N–H and O–H groups in total. The maximum absolute atomic E-state index is 5.51. The summed E-state index contributed by atoms with van der Waals surface area (Å²) in [6.45, 7) is 1.09. The molecule has 0 aromatic carbocycles. The molecule has 3 atom stereocenters. The van der Waals surface area contributed by atoms with Crippen molar-refractivity contribution in [2.75, 3.05) is 25.1 Å². The van der Waals surface area contributed by atoms with E-state index in [1.54, 1.807) is 0 Å². The van der Waals surface area contributed by atoms with Gasteiger partial charge in [0.1, 0.15) is 0 Å². The maximum atomic E-state index is 5.51. The molecule has 6 heteroatoms. The summed E-state index contributed by atoms with van der Waals surface area (Å²) in [6.07, 6.45) is 5.95. The van der Waals surface area contributed by atoms with Crippen molar-refractivity contribution in [3.05, 3.63) is 11.7 Å². The van der Waals surface area contributed by atoms with Crippen LogP contribution in [0.25, 0.3) is 0 Å². The molecular weight excluding hydrogens is 284 g/mol. The summed E-state index contributed by atoms with van der Waals surface area (Å²) in [5.74, 6) is 4.64. The van der Waals surface area contributed by atoms with Gasteiger partial charge in [0.15, 0.2) is 5.82 Å². The second kappa shape index (κ2) is 5.89. The summed E-state index contributed by atoms with van der Waals surface area (Å²) in [5.41, 5.74) is 0. The van der Waals surface area contributed by atoms with Gasteiger partial charge < -0.3 is 14.7 Å². The van der Waals surface area contributed by atoms with Crippen LogP contribution in [0.3, 0.4) is 0 Å². The van der Waals surface area contributed by atoms with Gasteiger partial charge in [-0.15, -0.1) is 0 Å². The average Bonchev–Trinajstić information content (AvgIpc) is 3.02. The van der Waals surface area contributed by atoms with Gasteiger partial charge in [0.25, 0.3) is 0 Å². The fourth-order valence-corrected chi connectivity index (χ4v) is 5.05. The van der Waals surface area contributed by atoms with Gasteiger partial charge in [0.2, 0.25) is 5.89 Å². The molecule has 4 heterocycles. The van der Waals surface area contributed by atoms with E-state index in [1.807, 2.05) is 11.8 Å². The number of aromatic nitrogens is 2. The summed E-state index contributed by atoms with van der Waals surface area (Å²) in [6, 6.07) is 1.95. The maximum Gasteiger partial charge on any atom is 0.228 e. The van der Waals surface area contributed by atoms with E-state index in [-0.39, 0.29) is 0 Å². The van der Waals surface area contributed by atoms with E-state index in [9.17, 15) is 0 Å². The first-order chi connectivity index (χ1) is 10.3. The van der Waals surface area contributed by atoms with E-state index in [4.69, 9.17) is 9.51 Å². The van der Waals surface area contributed by atoms with Crippen LogP contribution in [0.2, 0.25) is 0 Å². The smallest absolute Gasteiger partial charge is 0.228 e. The number of rotatable bonds is 3. The van der Waals surface area contributed by atoms with Gasteiger partial charge in [0.05, 0.1) is 0 Å². The monoisotopic (exact) mass is 308 g/mol. The number of nitrogens with one attached hydrogen (secondary N) is 1. The van der Waals surface area contributed by atoms with E-state index >= 15 is 0 Å². The molecule has 0 saturated carbocycles. The van der Waals surface area contributed by atoms with Crippen LogP contribution >= 0.6 is 11.8 Å². The highest BCUT2D eigenvalue weighted by Crippen LogP contribution is 2.41. The molecule has 0 spiro atoms. The van der Waals surface area contributed by atoms with Gasteiger partial charge >= 0.3 is 0 Å². The summed E-state index contributed by atoms with van der Waals surface area (Å²) in [5, 5.41) is 7.82. The molecule has 3 unspecified atom stereocenters. The van der Waals surface area contributed by atoms with Crippen LogP contribution in [0, 0.1) is 0 Å². The first-order valence-electron chi connectivity index (χ1n) is 8.15. The number of nitrogens with zero attached hydrogens (tertiary/aromatic N) is 3. The molecule has 116 valence electrons. The second-order valence-corrected chi connectivity index (χ2v) is 7.85. The summed E-state index contributed by atoms with van der Waals surface area (Å²) in [7, 11) is 2.27. The van der Waals surface area contributed by atoms with Crippen LogP contribution in [0.5, 0.6) is 0 Å². The molecule has 1 aromatic heterocycles. The van der Waals surface area contributed by atoms with Gasteiger partial charge in [-0.2, -0.15) is 16.7 Å². The predicted octanol–water partition coefficient (Wildman–Crippen LogP) is 1.66. The third kappa shape index (κ3) is 2.85. The first-order valence-corrected chi connectivity index (χ1v) is 9.30. The fourth-order valence-electron chi connectivity index (χ4n) is 4.10. The topological polar surface area (TPSA) is 54.2 Å². The van der Waals surface area contributed by atoms with Gasteiger partial charge in [0, 0.05) is 48.5 Å². The van der Waals surface area contributed by atoms with E-state index in [0.717, 1.165) is 42.5 Å². The molecular formula is C15H24N4OS. The number of hydrogen-bond acceptors (Lipinski definition) is 6. The highest BCUT2D eigenvalue weighted by Gasteiger charge is 2.40. The van der Waals surface area contributed by atoms with E-state index in [1.165, 1.54) is 31.4 Å². The Labute approximate surface area is 130 Å². The molecule has 3 aliphatic rings. The lowest BCUT2D eigenvalue weighted by Crippen LogP contribution is -2.39. The average molecular weight is 308 g/mol. The minimum Gasteiger partial charge on any atom is -0.339 e. The quantitative estimate of drug-likeness (QED) is 0.916. The molecule has 1 aromatic rings. The van der Waals surface area contributed by atoms with Crippen molar-refractivity contribution >= 4 is 11.8 Å². The Morgan fingerprint density at radius 1 is 1.33 bits per heavy atom. The Morgan fingerprint density at radius 3 is 2.86 bits per heavy atom. The normalized spacial score (nSPS) is 37.0. The first kappa shape index (κ1) is 14.0. The number of fused-ring (bicyclic) bond motifs is 2. The lowest BCUT2D eigenvalue weighted by molar-refractivity contribution is 0.157. The van der Waals surface area contributed by atoms with Crippen LogP contribution in [0.15, 0.2) is 4.52 Å². The van der Waals surface area contributed by atoms with Crippen LogP contribution in [0.1, 0.15) is 43.3 Å². The number of piperidine rings is 1. The lowest BCUT2D eigenvalue weighted by Gasteiger charge is -2.34. The Balaban J connectivity index is 1.40. The van der Waals surface area contributed by atoms with Gasteiger partial charge in [-0.1, -0.05) is 5.16 Å². The molecule has 2 bridgehead atoms. The van der Waals surface area contributed by atoms with Crippen LogP contribution in [-0.4, -0.2) is 58.3 Å². The van der Waals surface area contributed by atoms with Crippen molar-refractivity contribution in [1.82, 2.24) is 20.4 Å². The third-order valence-corrected chi connectivity index (χ3v) is 6.50. The summed E-state index contributed by atoms with van der Waals surface area (Å²) in [4.78, 5) is 7.26. The lowest BCUT2D eigenvalue weighted by atomic mass is 9.90. The van der Waals surface area contributed by atoms with Gasteiger partial charge in [-0.3, -0.25) is 0 Å². The fraction of sp³-hybridized carbons (Fsp3) is 0.867. The molecule has 0 amide bonds. The van der Waals surface area contributed by atoms with Gasteiger partial charge in [-0.05, 0) is 32.7 Å². The molecule has 21 heavy (non-hydrogen) atoms.